The Bertz CT molecular complexity index is 832. The van der Waals surface area contributed by atoms with E-state index in [0.29, 0.717) is 22.4 Å². The van der Waals surface area contributed by atoms with Gasteiger partial charge in [0.2, 0.25) is 0 Å². The van der Waals surface area contributed by atoms with Crippen LogP contribution >= 0.6 is 0 Å². The van der Waals surface area contributed by atoms with Gasteiger partial charge in [0.1, 0.15) is 12.1 Å². The summed E-state index contributed by atoms with van der Waals surface area (Å²) < 4.78 is 15.0. The van der Waals surface area contributed by atoms with Gasteiger partial charge in [-0.1, -0.05) is 24.3 Å². The zero-order chi connectivity index (χ0) is 16.2. The number of carbonyl (C=O) groups is 1. The van der Waals surface area contributed by atoms with Crippen molar-refractivity contribution >= 4 is 5.91 Å². The molecule has 1 N–H and O–H groups in total. The maximum Gasteiger partial charge on any atom is 0.253 e. The second-order valence-corrected chi connectivity index (χ2v) is 5.04. The Hall–Kier alpha value is -3.09. The number of para-hydroxylation sites is 1. The van der Waals surface area contributed by atoms with Crippen LogP contribution in [0.3, 0.4) is 0 Å². The molecular weight excluding hydrogens is 297 g/mol. The summed E-state index contributed by atoms with van der Waals surface area (Å²) in [7, 11) is 0. The minimum Gasteiger partial charge on any atom is -0.348 e. The first-order chi connectivity index (χ1) is 11.1. The molecule has 6 nitrogen and oxygen atoms in total. The highest BCUT2D eigenvalue weighted by atomic mass is 19.1. The molecule has 0 aliphatic carbocycles. The van der Waals surface area contributed by atoms with Crippen molar-refractivity contribution in [1.29, 1.82) is 0 Å². The van der Waals surface area contributed by atoms with Gasteiger partial charge in [0, 0.05) is 6.54 Å². The minimum atomic E-state index is -0.286. The zero-order valence-corrected chi connectivity index (χ0v) is 12.4. The molecule has 116 valence electrons. The van der Waals surface area contributed by atoms with Crippen LogP contribution in [0.15, 0.2) is 48.8 Å². The first-order valence-electron chi connectivity index (χ1n) is 7.01. The van der Waals surface area contributed by atoms with Crippen molar-refractivity contribution in [2.24, 2.45) is 0 Å². The van der Waals surface area contributed by atoms with E-state index in [4.69, 9.17) is 0 Å². The van der Waals surface area contributed by atoms with Crippen LogP contribution < -0.4 is 5.32 Å². The van der Waals surface area contributed by atoms with Crippen LogP contribution in [0.5, 0.6) is 0 Å². The third kappa shape index (κ3) is 3.23. The van der Waals surface area contributed by atoms with Crippen molar-refractivity contribution in [3.63, 3.8) is 0 Å². The molecule has 0 fully saturated rings. The lowest BCUT2D eigenvalue weighted by Gasteiger charge is -2.10. The topological polar surface area (TPSA) is 72.7 Å². The molecule has 0 saturated heterocycles. The maximum atomic E-state index is 13.5. The van der Waals surface area contributed by atoms with Crippen molar-refractivity contribution in [3.05, 3.63) is 71.3 Å². The number of carbonyl (C=O) groups excluding carboxylic acids is 1. The van der Waals surface area contributed by atoms with Gasteiger partial charge in [-0.05, 0) is 46.7 Å². The van der Waals surface area contributed by atoms with Crippen LogP contribution in [-0.2, 0) is 6.54 Å². The highest BCUT2D eigenvalue weighted by Gasteiger charge is 2.13. The summed E-state index contributed by atoms with van der Waals surface area (Å²) in [6, 6.07) is 11.9. The molecule has 1 amide bonds. The summed E-state index contributed by atoms with van der Waals surface area (Å²) in [6.07, 6.45) is 1.42. The Morgan fingerprint density at radius 1 is 1.26 bits per heavy atom. The number of nitrogens with one attached hydrogen (secondary N) is 1. The lowest BCUT2D eigenvalue weighted by atomic mass is 10.1. The van der Waals surface area contributed by atoms with E-state index in [1.54, 1.807) is 43.3 Å². The van der Waals surface area contributed by atoms with Crippen molar-refractivity contribution in [2.75, 3.05) is 0 Å². The summed E-state index contributed by atoms with van der Waals surface area (Å²) in [5, 5.41) is 13.7. The summed E-state index contributed by atoms with van der Waals surface area (Å²) in [4.78, 5) is 12.4. The number of benzene rings is 2. The second-order valence-electron chi connectivity index (χ2n) is 5.04. The highest BCUT2D eigenvalue weighted by molar-refractivity contribution is 5.97. The quantitative estimate of drug-likeness (QED) is 0.800. The molecule has 0 radical (unpaired) electrons. The standard InChI is InChI=1S/C16H14FN5O/c1-11-6-7-12(8-14(11)17)9-18-16(23)13-4-2-3-5-15(13)22-10-19-20-21-22/h2-8,10H,9H2,1H3,(H,18,23). The average Bonchev–Trinajstić information content (AvgIpc) is 3.10. The highest BCUT2D eigenvalue weighted by Crippen LogP contribution is 2.13. The number of aromatic nitrogens is 4. The van der Waals surface area contributed by atoms with E-state index in [2.05, 4.69) is 20.8 Å². The molecular formula is C16H14FN5O. The van der Waals surface area contributed by atoms with Crippen LogP contribution in [0.25, 0.3) is 5.69 Å². The normalized spacial score (nSPS) is 10.5. The van der Waals surface area contributed by atoms with E-state index in [-0.39, 0.29) is 18.3 Å². The number of tetrazole rings is 1. The fraction of sp³-hybridized carbons (Fsp3) is 0.125. The second kappa shape index (κ2) is 6.35. The molecule has 3 aromatic rings. The molecule has 0 aliphatic rings. The van der Waals surface area contributed by atoms with Gasteiger partial charge in [-0.25, -0.2) is 4.39 Å². The number of halogens is 1. The largest absolute Gasteiger partial charge is 0.348 e. The number of hydrogen-bond donors (Lipinski definition) is 1. The summed E-state index contributed by atoms with van der Waals surface area (Å²) in [6.45, 7) is 1.93. The Morgan fingerprint density at radius 3 is 2.83 bits per heavy atom. The SMILES string of the molecule is Cc1ccc(CNC(=O)c2ccccc2-n2cnnn2)cc1F. The number of aryl methyl sites for hydroxylation is 1. The molecule has 0 bridgehead atoms. The molecule has 3 rings (SSSR count). The van der Waals surface area contributed by atoms with Crippen LogP contribution in [0, 0.1) is 12.7 Å². The first-order valence-corrected chi connectivity index (χ1v) is 7.01. The predicted molar refractivity (Wildman–Crippen MR) is 81.5 cm³/mol. The molecule has 0 saturated carbocycles. The molecule has 1 heterocycles. The maximum absolute atomic E-state index is 13.5. The molecule has 1 aromatic heterocycles. The van der Waals surface area contributed by atoms with Gasteiger partial charge in [0.05, 0.1) is 11.3 Å². The van der Waals surface area contributed by atoms with E-state index in [1.807, 2.05) is 0 Å². The molecule has 23 heavy (non-hydrogen) atoms. The monoisotopic (exact) mass is 311 g/mol. The molecule has 0 atom stereocenters. The summed E-state index contributed by atoms with van der Waals surface area (Å²) >= 11 is 0. The van der Waals surface area contributed by atoms with Gasteiger partial charge in [-0.3, -0.25) is 4.79 Å². The van der Waals surface area contributed by atoms with Gasteiger partial charge in [-0.15, -0.1) is 5.10 Å². The van der Waals surface area contributed by atoms with Gasteiger partial charge >= 0.3 is 0 Å². The number of rotatable bonds is 4. The van der Waals surface area contributed by atoms with E-state index in [1.165, 1.54) is 17.1 Å². The van der Waals surface area contributed by atoms with Crippen molar-refractivity contribution in [3.8, 4) is 5.69 Å². The average molecular weight is 311 g/mol. The van der Waals surface area contributed by atoms with Gasteiger partial charge < -0.3 is 5.32 Å². The first kappa shape index (κ1) is 14.8. The number of amides is 1. The van der Waals surface area contributed by atoms with Crippen molar-refractivity contribution < 1.29 is 9.18 Å². The molecule has 2 aromatic carbocycles. The zero-order valence-electron chi connectivity index (χ0n) is 12.4. The van der Waals surface area contributed by atoms with E-state index in [0.717, 1.165) is 0 Å². The third-order valence-corrected chi connectivity index (χ3v) is 3.43. The van der Waals surface area contributed by atoms with Crippen LogP contribution in [0.1, 0.15) is 21.5 Å². The summed E-state index contributed by atoms with van der Waals surface area (Å²) in [5.74, 6) is -0.567. The molecule has 0 spiro atoms. The smallest absolute Gasteiger partial charge is 0.253 e. The Labute approximate surface area is 132 Å². The number of hydrogen-bond acceptors (Lipinski definition) is 4. The molecule has 7 heteroatoms. The molecule has 0 aliphatic heterocycles. The van der Waals surface area contributed by atoms with E-state index in [9.17, 15) is 9.18 Å². The Balaban J connectivity index is 1.77. The Kier molecular flexibility index (Phi) is 4.09. The van der Waals surface area contributed by atoms with Gasteiger partial charge in [-0.2, -0.15) is 4.68 Å². The van der Waals surface area contributed by atoms with Crippen LogP contribution in [0.2, 0.25) is 0 Å². The van der Waals surface area contributed by atoms with Crippen molar-refractivity contribution in [1.82, 2.24) is 25.5 Å². The lowest BCUT2D eigenvalue weighted by molar-refractivity contribution is 0.0950. The number of nitrogens with zero attached hydrogens (tertiary/aromatic N) is 4. The van der Waals surface area contributed by atoms with E-state index < -0.39 is 0 Å². The lowest BCUT2D eigenvalue weighted by Crippen LogP contribution is -2.24. The van der Waals surface area contributed by atoms with Crippen LogP contribution in [0.4, 0.5) is 4.39 Å². The predicted octanol–water partition coefficient (Wildman–Crippen LogP) is 2.04. The van der Waals surface area contributed by atoms with Crippen molar-refractivity contribution in [2.45, 2.75) is 13.5 Å². The van der Waals surface area contributed by atoms with Gasteiger partial charge in [0.25, 0.3) is 5.91 Å². The van der Waals surface area contributed by atoms with Crippen LogP contribution in [-0.4, -0.2) is 26.1 Å². The molecule has 0 unspecified atom stereocenters. The van der Waals surface area contributed by atoms with Gasteiger partial charge in [0.15, 0.2) is 0 Å². The minimum absolute atomic E-state index is 0.236. The third-order valence-electron chi connectivity index (χ3n) is 3.43. The fourth-order valence-corrected chi connectivity index (χ4v) is 2.16. The van der Waals surface area contributed by atoms with E-state index >= 15 is 0 Å². The Morgan fingerprint density at radius 2 is 2.09 bits per heavy atom. The fourth-order valence-electron chi connectivity index (χ4n) is 2.16. The summed E-state index contributed by atoms with van der Waals surface area (Å²) in [5.41, 5.74) is 2.28.